The third-order valence-corrected chi connectivity index (χ3v) is 6.20. The van der Waals surface area contributed by atoms with E-state index in [0.717, 1.165) is 23.0 Å². The molecule has 0 bridgehead atoms. The van der Waals surface area contributed by atoms with E-state index in [9.17, 15) is 9.59 Å². The summed E-state index contributed by atoms with van der Waals surface area (Å²) < 4.78 is 6.11. The lowest BCUT2D eigenvalue weighted by molar-refractivity contribution is -0.145. The fourth-order valence-electron chi connectivity index (χ4n) is 4.58. The Labute approximate surface area is 157 Å². The van der Waals surface area contributed by atoms with Crippen molar-refractivity contribution >= 4 is 34.3 Å². The molecule has 2 fully saturated rings. The van der Waals surface area contributed by atoms with Gasteiger partial charge >= 0.3 is 0 Å². The molecule has 1 aromatic rings. The molecule has 0 unspecified atom stereocenters. The van der Waals surface area contributed by atoms with Crippen LogP contribution in [0.25, 0.3) is 6.08 Å². The molecule has 0 aliphatic heterocycles. The second-order valence-corrected chi connectivity index (χ2v) is 8.10. The van der Waals surface area contributed by atoms with Crippen molar-refractivity contribution in [3.8, 4) is 0 Å². The Bertz CT molecular complexity index is 643. The second-order valence-electron chi connectivity index (χ2n) is 7.18. The van der Waals surface area contributed by atoms with Gasteiger partial charge in [0, 0.05) is 17.1 Å². The predicted octanol–water partition coefficient (Wildman–Crippen LogP) is 4.43. The standard InChI is InChI=1S/C20H24BrNO3/c1-13(25-12-23)20-18(9-8-16-7-6-15(21)11-22-16)17-5-3-2-4-14(17)10-19(20)24/h6-9,11-14,17-18,20H,2-5,10H2,1H3/b9-8+/t13-,14+,17-,18+,20+/m1/s1. The molecular formula is C20H24BrNO3. The van der Waals surface area contributed by atoms with E-state index in [-0.39, 0.29) is 23.7 Å². The number of aromatic nitrogens is 1. The molecule has 1 heterocycles. The molecule has 2 saturated carbocycles. The molecule has 0 saturated heterocycles. The Balaban J connectivity index is 1.88. The maximum Gasteiger partial charge on any atom is 0.293 e. The van der Waals surface area contributed by atoms with Crippen molar-refractivity contribution < 1.29 is 14.3 Å². The van der Waals surface area contributed by atoms with E-state index in [1.54, 1.807) is 6.20 Å². The van der Waals surface area contributed by atoms with Crippen LogP contribution in [0, 0.1) is 23.7 Å². The third-order valence-electron chi connectivity index (χ3n) is 5.73. The van der Waals surface area contributed by atoms with E-state index in [1.807, 2.05) is 25.1 Å². The van der Waals surface area contributed by atoms with Crippen LogP contribution >= 0.6 is 15.9 Å². The number of nitrogens with zero attached hydrogens (tertiary/aromatic N) is 1. The van der Waals surface area contributed by atoms with Crippen LogP contribution in [0.2, 0.25) is 0 Å². The monoisotopic (exact) mass is 405 g/mol. The Morgan fingerprint density at radius 3 is 2.84 bits per heavy atom. The average molecular weight is 406 g/mol. The van der Waals surface area contributed by atoms with E-state index in [0.29, 0.717) is 24.7 Å². The first-order valence-corrected chi connectivity index (χ1v) is 9.81. The number of carbonyl (C=O) groups excluding carboxylic acids is 2. The number of rotatable bonds is 5. The van der Waals surface area contributed by atoms with Crippen molar-refractivity contribution in [3.05, 3.63) is 34.6 Å². The van der Waals surface area contributed by atoms with Gasteiger partial charge in [-0.15, -0.1) is 0 Å². The van der Waals surface area contributed by atoms with Gasteiger partial charge in [-0.2, -0.15) is 0 Å². The first-order valence-electron chi connectivity index (χ1n) is 9.01. The van der Waals surface area contributed by atoms with Crippen LogP contribution in [0.4, 0.5) is 0 Å². The fraction of sp³-hybridized carbons (Fsp3) is 0.550. The van der Waals surface area contributed by atoms with Crippen LogP contribution in [-0.4, -0.2) is 23.3 Å². The molecule has 0 spiro atoms. The molecule has 0 amide bonds. The highest BCUT2D eigenvalue weighted by atomic mass is 79.9. The number of halogens is 1. The Hall–Kier alpha value is -1.49. The molecule has 0 radical (unpaired) electrons. The van der Waals surface area contributed by atoms with Gasteiger partial charge in [-0.05, 0) is 71.7 Å². The summed E-state index contributed by atoms with van der Waals surface area (Å²) >= 11 is 3.39. The van der Waals surface area contributed by atoms with Crippen LogP contribution in [0.15, 0.2) is 28.9 Å². The minimum atomic E-state index is -0.389. The topological polar surface area (TPSA) is 56.3 Å². The van der Waals surface area contributed by atoms with Crippen molar-refractivity contribution in [2.24, 2.45) is 23.7 Å². The number of carbonyl (C=O) groups is 2. The molecule has 5 atom stereocenters. The number of fused-ring (bicyclic) bond motifs is 1. The Kier molecular flexibility index (Phi) is 6.05. The van der Waals surface area contributed by atoms with Gasteiger partial charge in [-0.1, -0.05) is 18.9 Å². The number of ketones is 1. The lowest BCUT2D eigenvalue weighted by Crippen LogP contribution is -2.46. The smallest absolute Gasteiger partial charge is 0.293 e. The van der Waals surface area contributed by atoms with Crippen molar-refractivity contribution in [3.63, 3.8) is 0 Å². The summed E-state index contributed by atoms with van der Waals surface area (Å²) in [6.45, 7) is 2.29. The van der Waals surface area contributed by atoms with Crippen molar-refractivity contribution in [1.29, 1.82) is 0 Å². The van der Waals surface area contributed by atoms with Crippen LogP contribution in [-0.2, 0) is 14.3 Å². The molecule has 25 heavy (non-hydrogen) atoms. The highest BCUT2D eigenvalue weighted by Gasteiger charge is 2.46. The molecule has 134 valence electrons. The van der Waals surface area contributed by atoms with E-state index >= 15 is 0 Å². The first-order chi connectivity index (χ1) is 12.1. The Morgan fingerprint density at radius 2 is 2.12 bits per heavy atom. The molecule has 2 aliphatic carbocycles. The number of pyridine rings is 1. The van der Waals surface area contributed by atoms with E-state index in [4.69, 9.17) is 4.74 Å². The quantitative estimate of drug-likeness (QED) is 0.679. The summed E-state index contributed by atoms with van der Waals surface area (Å²) in [6, 6.07) is 3.90. The zero-order valence-electron chi connectivity index (χ0n) is 14.4. The van der Waals surface area contributed by atoms with Gasteiger partial charge in [0.25, 0.3) is 6.47 Å². The molecule has 1 aromatic heterocycles. The fourth-order valence-corrected chi connectivity index (χ4v) is 4.81. The highest BCUT2D eigenvalue weighted by molar-refractivity contribution is 9.10. The summed E-state index contributed by atoms with van der Waals surface area (Å²) in [4.78, 5) is 28.0. The normalized spacial score (nSPS) is 30.7. The predicted molar refractivity (Wildman–Crippen MR) is 99.6 cm³/mol. The molecule has 0 N–H and O–H groups in total. The van der Waals surface area contributed by atoms with E-state index in [1.165, 1.54) is 12.8 Å². The molecular weight excluding hydrogens is 382 g/mol. The number of hydrogen-bond donors (Lipinski definition) is 0. The number of hydrogen-bond acceptors (Lipinski definition) is 4. The van der Waals surface area contributed by atoms with Gasteiger partial charge in [0.05, 0.1) is 11.6 Å². The molecule has 0 aromatic carbocycles. The highest BCUT2D eigenvalue weighted by Crippen LogP contribution is 2.47. The molecule has 2 aliphatic rings. The molecule has 5 heteroatoms. The summed E-state index contributed by atoms with van der Waals surface area (Å²) in [5.74, 6) is 1.04. The first kappa shape index (κ1) is 18.3. The summed E-state index contributed by atoms with van der Waals surface area (Å²) in [5.41, 5.74) is 0.872. The van der Waals surface area contributed by atoms with Gasteiger partial charge < -0.3 is 4.74 Å². The van der Waals surface area contributed by atoms with Crippen molar-refractivity contribution in [2.45, 2.75) is 45.1 Å². The van der Waals surface area contributed by atoms with Gasteiger partial charge in [-0.3, -0.25) is 14.6 Å². The summed E-state index contributed by atoms with van der Waals surface area (Å²) in [6.07, 6.45) is 10.8. The lowest BCUT2D eigenvalue weighted by Gasteiger charge is -2.45. The number of allylic oxidation sites excluding steroid dienone is 1. The maximum atomic E-state index is 12.8. The molecule has 3 rings (SSSR count). The minimum absolute atomic E-state index is 0.104. The van der Waals surface area contributed by atoms with E-state index < -0.39 is 0 Å². The lowest BCUT2D eigenvalue weighted by atomic mass is 9.60. The van der Waals surface area contributed by atoms with Gasteiger partial charge in [-0.25, -0.2) is 0 Å². The maximum absolute atomic E-state index is 12.8. The zero-order chi connectivity index (χ0) is 17.8. The Morgan fingerprint density at radius 1 is 1.32 bits per heavy atom. The van der Waals surface area contributed by atoms with Crippen molar-refractivity contribution in [1.82, 2.24) is 4.98 Å². The summed E-state index contributed by atoms with van der Waals surface area (Å²) in [5, 5.41) is 0. The van der Waals surface area contributed by atoms with Crippen LogP contribution in [0.5, 0.6) is 0 Å². The van der Waals surface area contributed by atoms with E-state index in [2.05, 4.69) is 27.0 Å². The van der Waals surface area contributed by atoms with Gasteiger partial charge in [0.15, 0.2) is 0 Å². The largest absolute Gasteiger partial charge is 0.464 e. The van der Waals surface area contributed by atoms with Crippen LogP contribution in [0.1, 0.15) is 44.7 Å². The van der Waals surface area contributed by atoms with Crippen molar-refractivity contribution in [2.75, 3.05) is 0 Å². The van der Waals surface area contributed by atoms with Gasteiger partial charge in [0.2, 0.25) is 0 Å². The van der Waals surface area contributed by atoms with Crippen LogP contribution in [0.3, 0.4) is 0 Å². The van der Waals surface area contributed by atoms with Crippen LogP contribution < -0.4 is 0 Å². The average Bonchev–Trinajstić information content (AvgIpc) is 2.60. The second kappa shape index (κ2) is 8.26. The molecule has 4 nitrogen and oxygen atoms in total. The number of ether oxygens (including phenoxy) is 1. The third kappa shape index (κ3) is 4.20. The summed E-state index contributed by atoms with van der Waals surface area (Å²) in [7, 11) is 0. The number of Topliss-reactive ketones (excluding diaryl/α,β-unsaturated/α-hetero) is 1. The zero-order valence-corrected chi connectivity index (χ0v) is 16.0. The minimum Gasteiger partial charge on any atom is -0.464 e. The SMILES string of the molecule is C[C@@H](OC=O)[C@@H]1C(=O)C[C@@H]2CCCC[C@H]2[C@@H]1/C=C/c1ccc(Br)cn1. The van der Waals surface area contributed by atoms with Gasteiger partial charge in [0.1, 0.15) is 11.9 Å².